The maximum atomic E-state index is 14.2. The average Bonchev–Trinajstić information content (AvgIpc) is 3.09. The normalized spacial score (nSPS) is 24.7. The van der Waals surface area contributed by atoms with Gasteiger partial charge < -0.3 is 19.7 Å². The van der Waals surface area contributed by atoms with Crippen molar-refractivity contribution < 1.29 is 24.1 Å². The fourth-order valence-corrected chi connectivity index (χ4v) is 4.45. The van der Waals surface area contributed by atoms with E-state index in [1.807, 2.05) is 36.4 Å². The third-order valence-corrected chi connectivity index (χ3v) is 6.32. The lowest BCUT2D eigenvalue weighted by atomic mass is 9.81. The summed E-state index contributed by atoms with van der Waals surface area (Å²) in [5, 5.41) is 18.8. The van der Waals surface area contributed by atoms with Crippen LogP contribution in [0.2, 0.25) is 0 Å². The molecule has 1 aliphatic carbocycles. The first-order chi connectivity index (χ1) is 14.4. The molecule has 2 aromatic rings. The van der Waals surface area contributed by atoms with Gasteiger partial charge in [0.05, 0.1) is 24.9 Å². The summed E-state index contributed by atoms with van der Waals surface area (Å²) < 4.78 is 26.3. The zero-order valence-corrected chi connectivity index (χ0v) is 17.9. The van der Waals surface area contributed by atoms with Crippen LogP contribution < -0.4 is 4.74 Å². The highest BCUT2D eigenvalue weighted by molar-refractivity contribution is 5.34. The number of halogens is 1. The van der Waals surface area contributed by atoms with Gasteiger partial charge in [-0.1, -0.05) is 32.0 Å². The number of aliphatic hydroxyl groups excluding tert-OH is 2. The van der Waals surface area contributed by atoms with E-state index in [2.05, 4.69) is 13.8 Å². The molecule has 5 heteroatoms. The maximum Gasteiger partial charge on any atom is 0.130 e. The van der Waals surface area contributed by atoms with Crippen molar-refractivity contribution in [3.8, 4) is 11.5 Å². The lowest BCUT2D eigenvalue weighted by molar-refractivity contribution is -0.0624. The van der Waals surface area contributed by atoms with Crippen LogP contribution in [0.25, 0.3) is 0 Å². The van der Waals surface area contributed by atoms with Gasteiger partial charge in [-0.2, -0.15) is 0 Å². The minimum atomic E-state index is -0.658. The van der Waals surface area contributed by atoms with Gasteiger partial charge in [-0.25, -0.2) is 4.39 Å². The molecule has 30 heavy (non-hydrogen) atoms. The standard InChI is InChI=1S/C25H33FO4/c1-3-25(12-11-24(2,18-25)10-9-21(28)16-27)29-17-19-13-20(26)15-23(14-19)30-22-7-5-4-6-8-22/h4-8,13-15,21,27-28H,3,9-12,16-18H2,1-2H3. The van der Waals surface area contributed by atoms with Crippen molar-refractivity contribution in [3.05, 3.63) is 59.9 Å². The molecule has 2 aromatic carbocycles. The summed E-state index contributed by atoms with van der Waals surface area (Å²) >= 11 is 0. The van der Waals surface area contributed by atoms with Gasteiger partial charge in [0.2, 0.25) is 0 Å². The number of hydrogen-bond donors (Lipinski definition) is 2. The molecule has 3 unspecified atom stereocenters. The number of hydrogen-bond acceptors (Lipinski definition) is 4. The minimum absolute atomic E-state index is 0.0790. The SMILES string of the molecule is CCC1(OCc2cc(F)cc(Oc3ccccc3)c2)CCC(C)(CCC(O)CO)C1. The highest BCUT2D eigenvalue weighted by Gasteiger charge is 2.45. The summed E-state index contributed by atoms with van der Waals surface area (Å²) in [5.41, 5.74) is 0.583. The molecule has 4 nitrogen and oxygen atoms in total. The van der Waals surface area contributed by atoms with Crippen molar-refractivity contribution in [2.24, 2.45) is 5.41 Å². The van der Waals surface area contributed by atoms with Gasteiger partial charge in [0, 0.05) is 6.07 Å². The first-order valence-electron chi connectivity index (χ1n) is 10.8. The molecule has 2 N–H and O–H groups in total. The zero-order chi connectivity index (χ0) is 21.6. The van der Waals surface area contributed by atoms with Crippen molar-refractivity contribution in [1.29, 1.82) is 0 Å². The Morgan fingerprint density at radius 3 is 2.57 bits per heavy atom. The van der Waals surface area contributed by atoms with Gasteiger partial charge >= 0.3 is 0 Å². The Morgan fingerprint density at radius 1 is 1.10 bits per heavy atom. The van der Waals surface area contributed by atoms with Gasteiger partial charge in [0.15, 0.2) is 0 Å². The Hall–Kier alpha value is -1.95. The predicted octanol–water partition coefficient (Wildman–Crippen LogP) is 5.61. The third kappa shape index (κ3) is 6.03. The van der Waals surface area contributed by atoms with E-state index in [-0.39, 0.29) is 23.4 Å². The summed E-state index contributed by atoms with van der Waals surface area (Å²) in [7, 11) is 0. The van der Waals surface area contributed by atoms with Gasteiger partial charge in [-0.3, -0.25) is 0 Å². The number of ether oxygens (including phenoxy) is 2. The van der Waals surface area contributed by atoms with Crippen molar-refractivity contribution in [3.63, 3.8) is 0 Å². The molecule has 0 radical (unpaired) electrons. The summed E-state index contributed by atoms with van der Waals surface area (Å²) in [4.78, 5) is 0. The first-order valence-corrected chi connectivity index (χ1v) is 10.8. The lowest BCUT2D eigenvalue weighted by Gasteiger charge is -2.32. The van der Waals surface area contributed by atoms with Gasteiger partial charge in [0.1, 0.15) is 17.3 Å². The minimum Gasteiger partial charge on any atom is -0.457 e. The maximum absolute atomic E-state index is 14.2. The molecule has 0 saturated heterocycles. The summed E-state index contributed by atoms with van der Waals surface area (Å²) in [5.74, 6) is 0.776. The van der Waals surface area contributed by atoms with Crippen LogP contribution in [0.5, 0.6) is 11.5 Å². The second-order valence-electron chi connectivity index (χ2n) is 8.90. The lowest BCUT2D eigenvalue weighted by Crippen LogP contribution is -2.30. The molecule has 1 aliphatic rings. The second kappa shape index (κ2) is 9.90. The molecule has 0 spiro atoms. The zero-order valence-electron chi connectivity index (χ0n) is 17.9. The largest absolute Gasteiger partial charge is 0.457 e. The van der Waals surface area contributed by atoms with Crippen LogP contribution in [0, 0.1) is 11.2 Å². The molecule has 0 bridgehead atoms. The molecular formula is C25H33FO4. The highest BCUT2D eigenvalue weighted by atomic mass is 19.1. The number of aliphatic hydroxyl groups is 2. The Labute approximate surface area is 178 Å². The summed E-state index contributed by atoms with van der Waals surface area (Å²) in [6.45, 7) is 4.49. The van der Waals surface area contributed by atoms with E-state index in [1.54, 1.807) is 0 Å². The van der Waals surface area contributed by atoms with E-state index >= 15 is 0 Å². The van der Waals surface area contributed by atoms with Crippen molar-refractivity contribution in [2.75, 3.05) is 6.61 Å². The van der Waals surface area contributed by atoms with Crippen molar-refractivity contribution in [2.45, 2.75) is 70.7 Å². The predicted molar refractivity (Wildman–Crippen MR) is 115 cm³/mol. The van der Waals surface area contributed by atoms with Crippen LogP contribution in [0.15, 0.2) is 48.5 Å². The second-order valence-corrected chi connectivity index (χ2v) is 8.90. The van der Waals surface area contributed by atoms with Crippen LogP contribution in [0.3, 0.4) is 0 Å². The van der Waals surface area contributed by atoms with Crippen molar-refractivity contribution >= 4 is 0 Å². The Bertz CT molecular complexity index is 812. The molecular weight excluding hydrogens is 383 g/mol. The smallest absolute Gasteiger partial charge is 0.130 e. The van der Waals surface area contributed by atoms with E-state index in [0.717, 1.165) is 37.7 Å². The van der Waals surface area contributed by atoms with Crippen molar-refractivity contribution in [1.82, 2.24) is 0 Å². The van der Waals surface area contributed by atoms with Crippen LogP contribution >= 0.6 is 0 Å². The molecule has 0 aliphatic heterocycles. The molecule has 164 valence electrons. The Balaban J connectivity index is 1.63. The molecule has 0 amide bonds. The summed E-state index contributed by atoms with van der Waals surface area (Å²) in [6, 6.07) is 14.0. The molecule has 0 aromatic heterocycles. The van der Waals surface area contributed by atoms with Crippen LogP contribution in [0.1, 0.15) is 57.9 Å². The van der Waals surface area contributed by atoms with Crippen LogP contribution in [0.4, 0.5) is 4.39 Å². The molecule has 0 heterocycles. The van der Waals surface area contributed by atoms with Crippen LogP contribution in [-0.2, 0) is 11.3 Å². The quantitative estimate of drug-likeness (QED) is 0.529. The monoisotopic (exact) mass is 416 g/mol. The van der Waals surface area contributed by atoms with E-state index in [0.29, 0.717) is 24.5 Å². The molecule has 3 atom stereocenters. The number of rotatable bonds is 10. The van der Waals surface area contributed by atoms with E-state index in [9.17, 15) is 9.50 Å². The summed E-state index contributed by atoms with van der Waals surface area (Å²) in [6.07, 6.45) is 4.54. The van der Waals surface area contributed by atoms with Crippen LogP contribution in [-0.4, -0.2) is 28.5 Å². The van der Waals surface area contributed by atoms with Gasteiger partial charge in [-0.15, -0.1) is 0 Å². The fourth-order valence-electron chi connectivity index (χ4n) is 4.45. The number of para-hydroxylation sites is 1. The highest BCUT2D eigenvalue weighted by Crippen LogP contribution is 2.50. The third-order valence-electron chi connectivity index (χ3n) is 6.32. The number of benzene rings is 2. The fraction of sp³-hybridized carbons (Fsp3) is 0.520. The average molecular weight is 417 g/mol. The molecule has 1 fully saturated rings. The Kier molecular flexibility index (Phi) is 7.50. The van der Waals surface area contributed by atoms with E-state index < -0.39 is 6.10 Å². The van der Waals surface area contributed by atoms with Gasteiger partial charge in [0.25, 0.3) is 0 Å². The molecule has 1 saturated carbocycles. The molecule has 3 rings (SSSR count). The van der Waals surface area contributed by atoms with E-state index in [1.165, 1.54) is 12.1 Å². The topological polar surface area (TPSA) is 58.9 Å². The van der Waals surface area contributed by atoms with E-state index in [4.69, 9.17) is 14.6 Å². The Morgan fingerprint density at radius 2 is 1.87 bits per heavy atom. The van der Waals surface area contributed by atoms with Gasteiger partial charge in [-0.05, 0) is 73.8 Å². The first kappa shape index (κ1) is 22.7.